The number of aromatic nitrogens is 3. The number of nitrogens with zero attached hydrogens (tertiary/aromatic N) is 3. The van der Waals surface area contributed by atoms with Crippen molar-refractivity contribution in [3.8, 4) is 11.1 Å². The molecular formula is C48H30N3PSe. The van der Waals surface area contributed by atoms with Gasteiger partial charge in [-0.25, -0.2) is 4.98 Å². The van der Waals surface area contributed by atoms with Crippen molar-refractivity contribution in [3.63, 3.8) is 0 Å². The Kier molecular flexibility index (Phi) is 6.85. The summed E-state index contributed by atoms with van der Waals surface area (Å²) < 4.78 is 2.35. The third kappa shape index (κ3) is 4.70. The molecule has 0 unspecified atom stereocenters. The number of fused-ring (bicyclic) bond motifs is 12. The number of imidazole rings is 1. The Morgan fingerprint density at radius 3 is 1.77 bits per heavy atom. The van der Waals surface area contributed by atoms with Crippen molar-refractivity contribution < 1.29 is 0 Å². The van der Waals surface area contributed by atoms with E-state index in [9.17, 15) is 0 Å². The Bertz CT molecular complexity index is 3250. The molecule has 0 N–H and O–H groups in total. The second-order valence-electron chi connectivity index (χ2n) is 13.8. The molecule has 0 aliphatic carbocycles. The van der Waals surface area contributed by atoms with E-state index >= 15 is 0 Å². The minimum absolute atomic E-state index is 0.992. The average Bonchev–Trinajstić information content (AvgIpc) is 3.63. The van der Waals surface area contributed by atoms with Crippen molar-refractivity contribution in [2.24, 2.45) is 0 Å². The van der Waals surface area contributed by atoms with Crippen LogP contribution in [0.2, 0.25) is 0 Å². The van der Waals surface area contributed by atoms with Crippen LogP contribution in [0.4, 0.5) is 0 Å². The van der Waals surface area contributed by atoms with E-state index in [2.05, 4.69) is 202 Å². The van der Waals surface area contributed by atoms with Crippen molar-refractivity contribution in [2.45, 2.75) is 0 Å². The summed E-state index contributed by atoms with van der Waals surface area (Å²) >= 11 is 3.75. The summed E-state index contributed by atoms with van der Waals surface area (Å²) in [7, 11) is 0. The molecule has 3 nitrogen and oxygen atoms in total. The average molecular weight is 759 g/mol. The summed E-state index contributed by atoms with van der Waals surface area (Å²) in [5.74, 6) is 0. The first-order valence-electron chi connectivity index (χ1n) is 17.8. The van der Waals surface area contributed by atoms with Crippen LogP contribution in [0.5, 0.6) is 0 Å². The summed E-state index contributed by atoms with van der Waals surface area (Å²) in [6.07, 6.45) is 2.06. The van der Waals surface area contributed by atoms with Crippen LogP contribution >= 0.6 is 5.51 Å². The first-order chi connectivity index (χ1) is 26.1. The van der Waals surface area contributed by atoms with E-state index in [0.29, 0.717) is 0 Å². The van der Waals surface area contributed by atoms with Gasteiger partial charge in [-0.3, -0.25) is 0 Å². The Labute approximate surface area is 313 Å². The number of hydrogen-bond acceptors (Lipinski definition) is 2. The second-order valence-corrected chi connectivity index (χ2v) is 19.9. The van der Waals surface area contributed by atoms with Gasteiger partial charge in [0, 0.05) is 5.39 Å². The standard InChI is InChI=1S/C48H30N3PSe/c53-52(38-22-17-31-9-1-3-11-33(31)28-38,39-23-18-32-10-2-4-12-34(32)29-39)46-26-21-37(30-49-46)35-19-24-40-36(27-35)20-25-42-41-13-5-6-14-43(41)48-50-44-15-7-8-16-45(44)51(48)47(40)42/h1-30H. The molecule has 3 aromatic heterocycles. The van der Waals surface area contributed by atoms with Crippen LogP contribution in [-0.2, 0) is 0 Å². The van der Waals surface area contributed by atoms with Crippen molar-refractivity contribution in [1.82, 2.24) is 14.4 Å². The zero-order valence-corrected chi connectivity index (χ0v) is 31.1. The van der Waals surface area contributed by atoms with E-state index in [1.54, 1.807) is 0 Å². The number of pyridine rings is 2. The fourth-order valence-corrected chi connectivity index (χ4v) is 12.9. The summed E-state index contributed by atoms with van der Waals surface area (Å²) in [6, 6.07) is 63.9. The maximum atomic E-state index is 5.28. The maximum absolute atomic E-state index is 5.28. The van der Waals surface area contributed by atoms with Gasteiger partial charge >= 0.3 is 251 Å². The van der Waals surface area contributed by atoms with Gasteiger partial charge in [0.15, 0.2) is 0 Å². The van der Waals surface area contributed by atoms with Crippen LogP contribution in [0.25, 0.3) is 81.8 Å². The van der Waals surface area contributed by atoms with Gasteiger partial charge in [0.2, 0.25) is 0 Å². The van der Waals surface area contributed by atoms with Crippen LogP contribution in [0.1, 0.15) is 0 Å². The molecule has 11 aromatic rings. The van der Waals surface area contributed by atoms with Gasteiger partial charge in [-0.1, -0.05) is 36.4 Å². The summed E-state index contributed by atoms with van der Waals surface area (Å²) in [5, 5.41) is 13.5. The number of benzene rings is 8. The molecule has 0 aliphatic heterocycles. The summed E-state index contributed by atoms with van der Waals surface area (Å²) in [5.41, 5.74) is 5.39. The van der Waals surface area contributed by atoms with Gasteiger partial charge in [-0.15, -0.1) is 0 Å². The van der Waals surface area contributed by atoms with Crippen LogP contribution in [0.3, 0.4) is 0 Å². The van der Waals surface area contributed by atoms with Gasteiger partial charge in [-0.05, 0) is 12.1 Å². The zero-order chi connectivity index (χ0) is 35.1. The molecule has 8 aromatic carbocycles. The van der Waals surface area contributed by atoms with E-state index in [1.807, 2.05) is 0 Å². The van der Waals surface area contributed by atoms with Crippen LogP contribution in [0, 0.1) is 0 Å². The van der Waals surface area contributed by atoms with Crippen molar-refractivity contribution in [3.05, 3.63) is 182 Å². The molecule has 5 heteroatoms. The van der Waals surface area contributed by atoms with E-state index in [0.717, 1.165) is 38.6 Å². The van der Waals surface area contributed by atoms with Crippen LogP contribution in [0.15, 0.2) is 182 Å². The van der Waals surface area contributed by atoms with Crippen molar-refractivity contribution >= 4 is 107 Å². The summed E-state index contributed by atoms with van der Waals surface area (Å²) in [6.45, 7) is 0. The van der Waals surface area contributed by atoms with Crippen LogP contribution < -0.4 is 16.0 Å². The predicted octanol–water partition coefficient (Wildman–Crippen LogP) is 10.7. The molecule has 11 rings (SSSR count). The molecule has 248 valence electrons. The number of rotatable bonds is 4. The van der Waals surface area contributed by atoms with E-state index < -0.39 is 5.51 Å². The molecule has 0 radical (unpaired) electrons. The monoisotopic (exact) mass is 759 g/mol. The predicted molar refractivity (Wildman–Crippen MR) is 228 cm³/mol. The number of hydrogen-bond donors (Lipinski definition) is 0. The number of para-hydroxylation sites is 2. The van der Waals surface area contributed by atoms with Crippen molar-refractivity contribution in [1.29, 1.82) is 0 Å². The second kappa shape index (κ2) is 11.8. The third-order valence-corrected chi connectivity index (χ3v) is 17.6. The fourth-order valence-electron chi connectivity index (χ4n) is 8.20. The topological polar surface area (TPSA) is 30.2 Å². The molecule has 0 amide bonds. The molecule has 0 aliphatic rings. The quantitative estimate of drug-likeness (QED) is 0.102. The Morgan fingerprint density at radius 1 is 0.453 bits per heavy atom. The molecular weight excluding hydrogens is 728 g/mol. The molecule has 0 saturated heterocycles. The van der Waals surface area contributed by atoms with Gasteiger partial charge < -0.3 is 0 Å². The van der Waals surface area contributed by atoms with Gasteiger partial charge in [-0.2, -0.15) is 0 Å². The zero-order valence-electron chi connectivity index (χ0n) is 28.5. The molecule has 0 fully saturated rings. The molecule has 3 heterocycles. The van der Waals surface area contributed by atoms with Crippen LogP contribution in [-0.4, -0.2) is 29.5 Å². The minimum atomic E-state index is -2.22. The Balaban J connectivity index is 1.07. The van der Waals surface area contributed by atoms with Crippen molar-refractivity contribution in [2.75, 3.05) is 0 Å². The fraction of sp³-hybridized carbons (Fsp3) is 0. The van der Waals surface area contributed by atoms with E-state index in [4.69, 9.17) is 9.97 Å². The van der Waals surface area contributed by atoms with E-state index in [1.165, 1.54) is 59.2 Å². The van der Waals surface area contributed by atoms with Gasteiger partial charge in [0.05, 0.1) is 5.52 Å². The first-order valence-corrected chi connectivity index (χ1v) is 21.8. The van der Waals surface area contributed by atoms with Gasteiger partial charge in [0.1, 0.15) is 0 Å². The third-order valence-electron chi connectivity index (χ3n) is 10.8. The first kappa shape index (κ1) is 30.7. The molecule has 0 saturated carbocycles. The molecule has 53 heavy (non-hydrogen) atoms. The molecule has 0 bridgehead atoms. The van der Waals surface area contributed by atoms with E-state index in [-0.39, 0.29) is 0 Å². The van der Waals surface area contributed by atoms with Gasteiger partial charge in [0.25, 0.3) is 0 Å². The Morgan fingerprint density at radius 2 is 1.06 bits per heavy atom. The molecule has 0 atom stereocenters. The molecule has 0 spiro atoms. The Hall–Kier alpha value is -5.89. The summed E-state index contributed by atoms with van der Waals surface area (Å²) in [4.78, 5) is 10.4. The SMILES string of the molecule is [Se]=P(c1ccc2ccccc2c1)(c1ccc2ccccc2c1)c1ccc(-c2ccc3c(ccc4c5ccccc5c5nc6ccccc6n5c34)c2)cn1. The normalized spacial score (nSPS) is 12.2.